The molecule has 0 spiro atoms. The Morgan fingerprint density at radius 1 is 1.27 bits per heavy atom. The van der Waals surface area contributed by atoms with E-state index in [-0.39, 0.29) is 17.5 Å². The Bertz CT molecular complexity index is 387. The summed E-state index contributed by atoms with van der Waals surface area (Å²) in [4.78, 5) is 26.4. The number of carbonyl (C=O) groups excluding carboxylic acids is 1. The van der Waals surface area contributed by atoms with Crippen molar-refractivity contribution in [3.05, 3.63) is 5.21 Å². The monoisotopic (exact) mass is 321 g/mol. The van der Waals surface area contributed by atoms with E-state index in [2.05, 4.69) is 10.0 Å². The number of carbonyl (C=O) groups is 2. The highest BCUT2D eigenvalue weighted by molar-refractivity contribution is 5.66. The summed E-state index contributed by atoms with van der Waals surface area (Å²) in [6.45, 7) is 5.02. The normalized spacial score (nSPS) is 12.7. The molecule has 1 unspecified atom stereocenters. The van der Waals surface area contributed by atoms with Gasteiger partial charge in [0.1, 0.15) is 0 Å². The summed E-state index contributed by atoms with van der Waals surface area (Å²) in [6, 6.07) is 0. The van der Waals surface area contributed by atoms with Crippen molar-refractivity contribution in [2.24, 2.45) is 5.28 Å². The average molecular weight is 321 g/mol. The molecule has 0 saturated carbocycles. The topological polar surface area (TPSA) is 124 Å². The molecule has 0 fully saturated rings. The number of carboxylic acids is 1. The van der Waals surface area contributed by atoms with Crippen molar-refractivity contribution in [2.45, 2.75) is 52.4 Å². The van der Waals surface area contributed by atoms with Crippen LogP contribution in [0.25, 0.3) is 0 Å². The number of unbranched alkanes of at least 4 members (excludes halogenated alkanes) is 1. The first-order valence-electron chi connectivity index (χ1n) is 6.86. The Morgan fingerprint density at radius 3 is 2.45 bits per heavy atom. The third-order valence-corrected chi connectivity index (χ3v) is 2.27. The van der Waals surface area contributed by atoms with Crippen LogP contribution in [-0.4, -0.2) is 53.2 Å². The Kier molecular flexibility index (Phi) is 9.39. The summed E-state index contributed by atoms with van der Waals surface area (Å²) < 4.78 is 9.42. The number of ether oxygens (including phenoxy) is 2. The highest BCUT2D eigenvalue weighted by Gasteiger charge is 2.15. The predicted molar refractivity (Wildman–Crippen MR) is 73.4 cm³/mol. The zero-order valence-electron chi connectivity index (χ0n) is 13.2. The highest BCUT2D eigenvalue weighted by atomic mass is 16.8. The van der Waals surface area contributed by atoms with Gasteiger partial charge in [-0.25, -0.2) is 4.79 Å². The summed E-state index contributed by atoms with van der Waals surface area (Å²) in [5, 5.41) is 24.4. The predicted octanol–water partition coefficient (Wildman–Crippen LogP) is 1.89. The zero-order chi connectivity index (χ0) is 17.1. The number of hydrazine groups is 1. The van der Waals surface area contributed by atoms with Crippen molar-refractivity contribution in [1.29, 1.82) is 0 Å². The van der Waals surface area contributed by atoms with Gasteiger partial charge < -0.3 is 19.8 Å². The van der Waals surface area contributed by atoms with Crippen molar-refractivity contribution < 1.29 is 34.0 Å². The van der Waals surface area contributed by atoms with Crippen molar-refractivity contribution in [3.8, 4) is 0 Å². The van der Waals surface area contributed by atoms with Crippen LogP contribution in [0.1, 0.15) is 40.0 Å². The van der Waals surface area contributed by atoms with E-state index in [1.807, 2.05) is 0 Å². The highest BCUT2D eigenvalue weighted by Crippen LogP contribution is 2.02. The molecule has 0 aromatic carbocycles. The van der Waals surface area contributed by atoms with Gasteiger partial charge in [-0.1, -0.05) is 0 Å². The number of carboxylic acid groups (broad SMARTS) is 1. The fourth-order valence-corrected chi connectivity index (χ4v) is 1.25. The molecule has 1 atom stereocenters. The molecule has 0 amide bonds. The first kappa shape index (κ1) is 19.7. The molecule has 0 aliphatic carbocycles. The Hall–Kier alpha value is -2.26. The lowest BCUT2D eigenvalue weighted by atomic mass is 10.2. The van der Waals surface area contributed by atoms with Gasteiger partial charge in [-0.05, 0) is 26.7 Å². The maximum atomic E-state index is 11.5. The molecule has 10 heteroatoms. The van der Waals surface area contributed by atoms with Gasteiger partial charge in [-0.15, -0.1) is 5.01 Å². The Labute approximate surface area is 128 Å². The van der Waals surface area contributed by atoms with Gasteiger partial charge in [-0.3, -0.25) is 9.63 Å². The molecule has 128 valence electrons. The van der Waals surface area contributed by atoms with E-state index < -0.39 is 18.4 Å². The molecule has 22 heavy (non-hydrogen) atoms. The molecular formula is C12H23N3O7. The molecule has 10 nitrogen and oxygen atoms in total. The third kappa shape index (κ3) is 10.5. The number of nitrogens with zero attached hydrogens (tertiary/aromatic N) is 3. The third-order valence-electron chi connectivity index (χ3n) is 2.27. The number of hydrogen-bond donors (Lipinski definition) is 1. The van der Waals surface area contributed by atoms with Gasteiger partial charge in [0.25, 0.3) is 6.29 Å². The van der Waals surface area contributed by atoms with E-state index in [4.69, 9.17) is 14.7 Å². The summed E-state index contributed by atoms with van der Waals surface area (Å²) in [6.07, 6.45) is -1.31. The summed E-state index contributed by atoms with van der Waals surface area (Å²) >= 11 is 0. The van der Waals surface area contributed by atoms with Crippen molar-refractivity contribution in [3.63, 3.8) is 0 Å². The van der Waals surface area contributed by atoms with Gasteiger partial charge in [0.2, 0.25) is 5.28 Å². The fraction of sp³-hybridized carbons (Fsp3) is 0.833. The van der Waals surface area contributed by atoms with Crippen molar-refractivity contribution in [1.82, 2.24) is 5.01 Å². The zero-order valence-corrected chi connectivity index (χ0v) is 13.2. The minimum atomic E-state index is -1.08. The minimum Gasteiger partial charge on any atom is -0.569 e. The van der Waals surface area contributed by atoms with Crippen LogP contribution in [0.2, 0.25) is 0 Å². The molecule has 0 aliphatic heterocycles. The smallest absolute Gasteiger partial charge is 0.511 e. The Morgan fingerprint density at radius 2 is 1.91 bits per heavy atom. The second kappa shape index (κ2) is 10.5. The van der Waals surface area contributed by atoms with E-state index in [0.29, 0.717) is 19.4 Å². The van der Waals surface area contributed by atoms with Gasteiger partial charge in [0.05, 0.1) is 24.7 Å². The van der Waals surface area contributed by atoms with Crippen LogP contribution in [-0.2, 0) is 19.1 Å². The maximum Gasteiger partial charge on any atom is 0.511 e. The first-order valence-corrected chi connectivity index (χ1v) is 6.86. The molecular weight excluding hydrogens is 298 g/mol. The standard InChI is InChI=1S/C12H23N3O7/c1-9(2)20-12(18)21-10(3)22-13-15(19)14(4)8-6-5-7-11(16)17/h9-10H,5-8H2,1-4H3,(H,16,17)/b15-13-. The van der Waals surface area contributed by atoms with Crippen LogP contribution < -0.4 is 0 Å². The van der Waals surface area contributed by atoms with Gasteiger partial charge in [-0.2, -0.15) is 0 Å². The molecule has 0 aromatic rings. The quantitative estimate of drug-likeness (QED) is 0.161. The molecule has 0 rings (SSSR count). The lowest BCUT2D eigenvalue weighted by molar-refractivity contribution is -0.707. The second-order valence-corrected chi connectivity index (χ2v) is 4.77. The van der Waals surface area contributed by atoms with E-state index in [9.17, 15) is 14.8 Å². The molecule has 0 saturated heterocycles. The molecule has 0 heterocycles. The van der Waals surface area contributed by atoms with Crippen LogP contribution in [0, 0.1) is 5.21 Å². The van der Waals surface area contributed by atoms with Gasteiger partial charge >= 0.3 is 12.1 Å². The molecule has 0 bridgehead atoms. The van der Waals surface area contributed by atoms with Crippen molar-refractivity contribution >= 4 is 12.1 Å². The van der Waals surface area contributed by atoms with Gasteiger partial charge in [0, 0.05) is 13.3 Å². The molecule has 0 aliphatic rings. The minimum absolute atomic E-state index is 0.0448. The van der Waals surface area contributed by atoms with Crippen LogP contribution in [0.4, 0.5) is 4.79 Å². The SMILES string of the molecule is CC(C)OC(=O)OC(C)O/N=[N+](\[O-])N(C)CCCCC(=O)O. The van der Waals surface area contributed by atoms with E-state index in [0.717, 1.165) is 0 Å². The van der Waals surface area contributed by atoms with Crippen LogP contribution >= 0.6 is 0 Å². The number of aliphatic carboxylic acids is 1. The van der Waals surface area contributed by atoms with Crippen LogP contribution in [0.15, 0.2) is 5.28 Å². The molecule has 0 aromatic heterocycles. The summed E-state index contributed by atoms with van der Waals surface area (Å²) in [7, 11) is 1.47. The summed E-state index contributed by atoms with van der Waals surface area (Å²) in [5.41, 5.74) is 0. The number of rotatable bonds is 10. The first-order chi connectivity index (χ1) is 10.2. The van der Waals surface area contributed by atoms with Crippen molar-refractivity contribution in [2.75, 3.05) is 13.6 Å². The Balaban J connectivity index is 4.03. The van der Waals surface area contributed by atoms with Gasteiger partial charge in [0.15, 0.2) is 0 Å². The number of hydrogen-bond acceptors (Lipinski definition) is 7. The lowest BCUT2D eigenvalue weighted by Gasteiger charge is -2.14. The maximum absolute atomic E-state index is 11.5. The fourth-order valence-electron chi connectivity index (χ4n) is 1.25. The van der Waals surface area contributed by atoms with E-state index in [1.165, 1.54) is 19.0 Å². The molecule has 0 radical (unpaired) electrons. The average Bonchev–Trinajstić information content (AvgIpc) is 2.39. The second-order valence-electron chi connectivity index (χ2n) is 4.77. The van der Waals surface area contributed by atoms with E-state index in [1.54, 1.807) is 13.8 Å². The van der Waals surface area contributed by atoms with Crippen LogP contribution in [0.3, 0.4) is 0 Å². The van der Waals surface area contributed by atoms with E-state index >= 15 is 0 Å². The lowest BCUT2D eigenvalue weighted by Crippen LogP contribution is -2.28. The summed E-state index contributed by atoms with van der Waals surface area (Å²) in [5.74, 6) is -0.881. The largest absolute Gasteiger partial charge is 0.569 e. The van der Waals surface area contributed by atoms with Crippen LogP contribution in [0.5, 0.6) is 0 Å². The molecule has 1 N–H and O–H groups in total.